The summed E-state index contributed by atoms with van der Waals surface area (Å²) in [7, 11) is 0. The number of amides is 1. The molecule has 3 aromatic rings. The van der Waals surface area contributed by atoms with Gasteiger partial charge in [0.2, 0.25) is 5.91 Å². The molecule has 2 aromatic heterocycles. The lowest BCUT2D eigenvalue weighted by Gasteiger charge is -2.33. The van der Waals surface area contributed by atoms with Crippen LogP contribution in [0.1, 0.15) is 16.7 Å². The number of hydrogen-bond donors (Lipinski definition) is 1. The van der Waals surface area contributed by atoms with Crippen LogP contribution in [0.3, 0.4) is 0 Å². The molecule has 1 fully saturated rings. The molecule has 1 aliphatic rings. The van der Waals surface area contributed by atoms with Gasteiger partial charge in [0.05, 0.1) is 12.2 Å². The van der Waals surface area contributed by atoms with Gasteiger partial charge in [-0.2, -0.15) is 4.68 Å². The van der Waals surface area contributed by atoms with E-state index in [0.717, 1.165) is 22.9 Å². The summed E-state index contributed by atoms with van der Waals surface area (Å²) >= 11 is 1.59. The van der Waals surface area contributed by atoms with Gasteiger partial charge >= 0.3 is 0 Å². The molecule has 0 spiro atoms. The van der Waals surface area contributed by atoms with E-state index in [1.54, 1.807) is 16.0 Å². The van der Waals surface area contributed by atoms with Crippen LogP contribution in [0.5, 0.6) is 0 Å². The molecule has 1 aliphatic heterocycles. The van der Waals surface area contributed by atoms with Gasteiger partial charge < -0.3 is 5.32 Å². The van der Waals surface area contributed by atoms with Crippen LogP contribution >= 0.6 is 11.3 Å². The number of nitrogens with zero attached hydrogens (tertiary/aromatic N) is 5. The molecule has 1 atom stereocenters. The van der Waals surface area contributed by atoms with Crippen molar-refractivity contribution >= 4 is 17.2 Å². The maximum absolute atomic E-state index is 12.4. The standard InChI is InChI=1S/C16H16N6OS/c23-16-15(13-7-4-10-24-13)21(9-8-17-16)11-14-18-19-20-22(14)12-5-2-1-3-6-12/h1-7,10,15H,8-9,11H2,(H,17,23)/t15-/m0/s1. The fraction of sp³-hybridized carbons (Fsp3) is 0.250. The van der Waals surface area contributed by atoms with Gasteiger partial charge in [-0.3, -0.25) is 9.69 Å². The first-order valence-corrected chi connectivity index (χ1v) is 8.59. The average Bonchev–Trinajstić information content (AvgIpc) is 3.28. The van der Waals surface area contributed by atoms with E-state index < -0.39 is 0 Å². The second kappa shape index (κ2) is 6.50. The van der Waals surface area contributed by atoms with E-state index in [1.807, 2.05) is 47.8 Å². The molecular weight excluding hydrogens is 324 g/mol. The summed E-state index contributed by atoms with van der Waals surface area (Å²) in [5.74, 6) is 0.750. The van der Waals surface area contributed by atoms with Gasteiger partial charge in [-0.1, -0.05) is 24.3 Å². The Hall–Kier alpha value is -2.58. The fourth-order valence-electron chi connectivity index (χ4n) is 2.90. The number of carbonyl (C=O) groups is 1. The topological polar surface area (TPSA) is 75.9 Å². The molecule has 24 heavy (non-hydrogen) atoms. The molecule has 0 saturated carbocycles. The van der Waals surface area contributed by atoms with Crippen molar-refractivity contribution in [1.29, 1.82) is 0 Å². The van der Waals surface area contributed by atoms with Crippen molar-refractivity contribution in [3.63, 3.8) is 0 Å². The van der Waals surface area contributed by atoms with E-state index in [-0.39, 0.29) is 11.9 Å². The van der Waals surface area contributed by atoms with Crippen LogP contribution in [0.4, 0.5) is 0 Å². The summed E-state index contributed by atoms with van der Waals surface area (Å²) in [6.07, 6.45) is 0. The predicted molar refractivity (Wildman–Crippen MR) is 89.6 cm³/mol. The summed E-state index contributed by atoms with van der Waals surface area (Å²) in [5.41, 5.74) is 0.909. The highest BCUT2D eigenvalue weighted by Gasteiger charge is 2.32. The number of aromatic nitrogens is 4. The molecule has 122 valence electrons. The molecule has 8 heteroatoms. The molecule has 0 aliphatic carbocycles. The minimum atomic E-state index is -0.292. The lowest BCUT2D eigenvalue weighted by atomic mass is 10.1. The van der Waals surface area contributed by atoms with Gasteiger partial charge in [-0.25, -0.2) is 0 Å². The number of nitrogens with one attached hydrogen (secondary N) is 1. The first-order valence-electron chi connectivity index (χ1n) is 7.71. The number of hydrogen-bond acceptors (Lipinski definition) is 6. The van der Waals surface area contributed by atoms with Crippen LogP contribution in [0, 0.1) is 0 Å². The monoisotopic (exact) mass is 340 g/mol. The van der Waals surface area contributed by atoms with E-state index >= 15 is 0 Å². The van der Waals surface area contributed by atoms with E-state index in [4.69, 9.17) is 0 Å². The van der Waals surface area contributed by atoms with Gasteiger partial charge in [0, 0.05) is 18.0 Å². The van der Waals surface area contributed by atoms with Crippen LogP contribution in [0.2, 0.25) is 0 Å². The quantitative estimate of drug-likeness (QED) is 0.777. The van der Waals surface area contributed by atoms with Crippen molar-refractivity contribution < 1.29 is 4.79 Å². The van der Waals surface area contributed by atoms with Crippen LogP contribution < -0.4 is 5.32 Å². The number of thiophene rings is 1. The van der Waals surface area contributed by atoms with Crippen LogP contribution in [0.25, 0.3) is 5.69 Å². The Morgan fingerprint density at radius 3 is 2.88 bits per heavy atom. The predicted octanol–water partition coefficient (Wildman–Crippen LogP) is 1.40. The second-order valence-electron chi connectivity index (χ2n) is 5.52. The van der Waals surface area contributed by atoms with Crippen molar-refractivity contribution in [3.05, 3.63) is 58.5 Å². The van der Waals surface area contributed by atoms with E-state index in [2.05, 4.69) is 25.7 Å². The number of rotatable bonds is 4. The summed E-state index contributed by atoms with van der Waals surface area (Å²) < 4.78 is 1.72. The third-order valence-electron chi connectivity index (χ3n) is 4.00. The fourth-order valence-corrected chi connectivity index (χ4v) is 3.75. The van der Waals surface area contributed by atoms with Crippen LogP contribution in [-0.4, -0.2) is 44.1 Å². The number of carbonyl (C=O) groups excluding carboxylic acids is 1. The molecule has 0 radical (unpaired) electrons. The van der Waals surface area contributed by atoms with Crippen molar-refractivity contribution in [1.82, 2.24) is 30.4 Å². The first-order chi connectivity index (χ1) is 11.8. The van der Waals surface area contributed by atoms with Crippen molar-refractivity contribution in [2.45, 2.75) is 12.6 Å². The van der Waals surface area contributed by atoms with E-state index in [1.165, 1.54) is 0 Å². The Kier molecular flexibility index (Phi) is 4.06. The second-order valence-corrected chi connectivity index (χ2v) is 6.50. The Morgan fingerprint density at radius 2 is 2.08 bits per heavy atom. The third kappa shape index (κ3) is 2.81. The minimum absolute atomic E-state index is 0.0300. The summed E-state index contributed by atoms with van der Waals surface area (Å²) in [6, 6.07) is 13.4. The maximum atomic E-state index is 12.4. The molecule has 1 amide bonds. The molecule has 1 saturated heterocycles. The third-order valence-corrected chi connectivity index (χ3v) is 4.93. The maximum Gasteiger partial charge on any atom is 0.242 e. The van der Waals surface area contributed by atoms with Gasteiger partial charge in [-0.05, 0) is 34.0 Å². The van der Waals surface area contributed by atoms with Gasteiger partial charge in [0.25, 0.3) is 0 Å². The zero-order valence-electron chi connectivity index (χ0n) is 12.9. The summed E-state index contributed by atoms with van der Waals surface area (Å²) in [4.78, 5) is 15.5. The van der Waals surface area contributed by atoms with Crippen molar-refractivity contribution in [2.75, 3.05) is 13.1 Å². The molecular formula is C16H16N6OS. The molecule has 4 rings (SSSR count). The Balaban J connectivity index is 1.63. The Morgan fingerprint density at radius 1 is 1.21 bits per heavy atom. The SMILES string of the molecule is O=C1NCCN(Cc2nnnn2-c2ccccc2)[C@H]1c1cccs1. The van der Waals surface area contributed by atoms with Gasteiger partial charge in [0.15, 0.2) is 5.82 Å². The molecule has 1 N–H and O–H groups in total. The lowest BCUT2D eigenvalue weighted by molar-refractivity contribution is -0.129. The largest absolute Gasteiger partial charge is 0.353 e. The molecule has 0 unspecified atom stereocenters. The lowest BCUT2D eigenvalue weighted by Crippen LogP contribution is -2.49. The van der Waals surface area contributed by atoms with Gasteiger partial charge in [-0.15, -0.1) is 16.4 Å². The highest BCUT2D eigenvalue weighted by Crippen LogP contribution is 2.28. The summed E-state index contributed by atoms with van der Waals surface area (Å²) in [5, 5.41) is 17.0. The smallest absolute Gasteiger partial charge is 0.242 e. The zero-order valence-corrected chi connectivity index (χ0v) is 13.7. The van der Waals surface area contributed by atoms with Crippen molar-refractivity contribution in [3.8, 4) is 5.69 Å². The van der Waals surface area contributed by atoms with E-state index in [9.17, 15) is 4.79 Å². The Labute approximate surface area is 142 Å². The first kappa shape index (κ1) is 15.0. The number of tetrazole rings is 1. The normalized spacial score (nSPS) is 18.5. The minimum Gasteiger partial charge on any atom is -0.353 e. The van der Waals surface area contributed by atoms with Crippen LogP contribution in [0.15, 0.2) is 47.8 Å². The molecule has 1 aromatic carbocycles. The average molecular weight is 340 g/mol. The number of para-hydroxylation sites is 1. The number of benzene rings is 1. The zero-order chi connectivity index (χ0) is 16.4. The van der Waals surface area contributed by atoms with Crippen LogP contribution in [-0.2, 0) is 11.3 Å². The van der Waals surface area contributed by atoms with E-state index in [0.29, 0.717) is 13.1 Å². The van der Waals surface area contributed by atoms with Gasteiger partial charge in [0.1, 0.15) is 6.04 Å². The molecule has 3 heterocycles. The number of piperazine rings is 1. The van der Waals surface area contributed by atoms with Crippen molar-refractivity contribution in [2.24, 2.45) is 0 Å². The Bertz CT molecular complexity index is 816. The highest BCUT2D eigenvalue weighted by atomic mass is 32.1. The molecule has 0 bridgehead atoms. The molecule has 7 nitrogen and oxygen atoms in total. The summed E-state index contributed by atoms with van der Waals surface area (Å²) in [6.45, 7) is 1.90. The highest BCUT2D eigenvalue weighted by molar-refractivity contribution is 7.10.